The largest absolute Gasteiger partial charge is 0.395 e. The Balaban J connectivity index is 2.11. The third kappa shape index (κ3) is 3.77. The molecule has 0 unspecified atom stereocenters. The summed E-state index contributed by atoms with van der Waals surface area (Å²) in [5.41, 5.74) is 0.431. The van der Waals surface area contributed by atoms with Gasteiger partial charge in [-0.25, -0.2) is 4.98 Å². The zero-order valence-electron chi connectivity index (χ0n) is 11.6. The number of hydrogen-bond donors (Lipinski definition) is 1. The van der Waals surface area contributed by atoms with E-state index in [1.54, 1.807) is 17.2 Å². The van der Waals surface area contributed by atoms with Crippen LogP contribution in [0.5, 0.6) is 0 Å². The van der Waals surface area contributed by atoms with Gasteiger partial charge in [-0.1, -0.05) is 0 Å². The zero-order chi connectivity index (χ0) is 14.5. The van der Waals surface area contributed by atoms with Crippen LogP contribution in [0.3, 0.4) is 0 Å². The van der Waals surface area contributed by atoms with E-state index in [0.29, 0.717) is 12.2 Å². The van der Waals surface area contributed by atoms with Crippen molar-refractivity contribution in [1.29, 1.82) is 0 Å². The Kier molecular flexibility index (Phi) is 5.51. The smallest absolute Gasteiger partial charge is 0.272 e. The van der Waals surface area contributed by atoms with Crippen LogP contribution in [0.2, 0.25) is 0 Å². The maximum Gasteiger partial charge on any atom is 0.272 e. The highest BCUT2D eigenvalue weighted by atomic mass is 79.9. The molecule has 2 heterocycles. The van der Waals surface area contributed by atoms with Crippen LogP contribution < -0.4 is 0 Å². The molecule has 5 nitrogen and oxygen atoms in total. The minimum Gasteiger partial charge on any atom is -0.395 e. The number of piperidine rings is 1. The Morgan fingerprint density at radius 1 is 1.50 bits per heavy atom. The van der Waals surface area contributed by atoms with Crippen LogP contribution in [-0.2, 0) is 0 Å². The summed E-state index contributed by atoms with van der Waals surface area (Å²) >= 11 is 3.31. The first kappa shape index (κ1) is 15.4. The van der Waals surface area contributed by atoms with E-state index in [4.69, 9.17) is 0 Å². The molecule has 6 heteroatoms. The average Bonchev–Trinajstić information content (AvgIpc) is 2.46. The number of pyridine rings is 1. The fourth-order valence-electron chi connectivity index (χ4n) is 2.51. The highest BCUT2D eigenvalue weighted by molar-refractivity contribution is 9.10. The summed E-state index contributed by atoms with van der Waals surface area (Å²) in [5, 5.41) is 9.23. The van der Waals surface area contributed by atoms with E-state index in [0.717, 1.165) is 30.4 Å². The lowest BCUT2D eigenvalue weighted by Crippen LogP contribution is -2.47. The predicted molar refractivity (Wildman–Crippen MR) is 80.6 cm³/mol. The number of carbonyl (C=O) groups is 1. The van der Waals surface area contributed by atoms with Crippen LogP contribution in [0, 0.1) is 0 Å². The van der Waals surface area contributed by atoms with Crippen LogP contribution >= 0.6 is 15.9 Å². The topological polar surface area (TPSA) is 56.7 Å². The van der Waals surface area contributed by atoms with Gasteiger partial charge in [-0.3, -0.25) is 4.79 Å². The van der Waals surface area contributed by atoms with Gasteiger partial charge in [0, 0.05) is 23.3 Å². The molecule has 0 atom stereocenters. The van der Waals surface area contributed by atoms with E-state index in [1.807, 2.05) is 6.07 Å². The molecule has 2 rings (SSSR count). The fraction of sp³-hybridized carbons (Fsp3) is 0.571. The number of hydrogen-bond acceptors (Lipinski definition) is 4. The lowest BCUT2D eigenvalue weighted by molar-refractivity contribution is 0.0534. The fourth-order valence-corrected chi connectivity index (χ4v) is 2.75. The number of aliphatic hydroxyl groups is 1. The number of halogens is 1. The quantitative estimate of drug-likeness (QED) is 0.898. The molecule has 1 amide bonds. The van der Waals surface area contributed by atoms with Crippen molar-refractivity contribution in [3.63, 3.8) is 0 Å². The van der Waals surface area contributed by atoms with Crippen LogP contribution in [0.15, 0.2) is 22.8 Å². The molecular formula is C14H20BrN3O2. The van der Waals surface area contributed by atoms with E-state index in [-0.39, 0.29) is 18.6 Å². The molecule has 1 fully saturated rings. The van der Waals surface area contributed by atoms with Crippen molar-refractivity contribution in [3.05, 3.63) is 28.5 Å². The van der Waals surface area contributed by atoms with E-state index in [1.165, 1.54) is 0 Å². The van der Waals surface area contributed by atoms with E-state index in [2.05, 4.69) is 32.9 Å². The van der Waals surface area contributed by atoms with Crippen LogP contribution in [-0.4, -0.2) is 65.1 Å². The number of carbonyl (C=O) groups excluding carboxylic acids is 1. The second-order valence-corrected chi connectivity index (χ2v) is 6.03. The Labute approximate surface area is 127 Å². The van der Waals surface area contributed by atoms with Crippen LogP contribution in [0.1, 0.15) is 23.3 Å². The average molecular weight is 342 g/mol. The van der Waals surface area contributed by atoms with E-state index >= 15 is 0 Å². The van der Waals surface area contributed by atoms with Gasteiger partial charge in [-0.05, 0) is 61.0 Å². The molecule has 1 aliphatic rings. The Bertz CT molecular complexity index is 444. The first-order valence-electron chi connectivity index (χ1n) is 6.83. The van der Waals surface area contributed by atoms with E-state index in [9.17, 15) is 9.90 Å². The van der Waals surface area contributed by atoms with Crippen molar-refractivity contribution < 1.29 is 9.90 Å². The predicted octanol–water partition coefficient (Wildman–Crippen LogP) is 1.37. The SMILES string of the molecule is CN1CCC(N(CCO)C(=O)c2ccc(Br)cn2)CC1. The van der Waals surface area contributed by atoms with Gasteiger partial charge in [0.1, 0.15) is 5.69 Å². The molecule has 1 saturated heterocycles. The molecule has 1 aromatic rings. The van der Waals surface area contributed by atoms with Gasteiger partial charge in [0.25, 0.3) is 5.91 Å². The second-order valence-electron chi connectivity index (χ2n) is 5.12. The molecule has 0 aromatic carbocycles. The van der Waals surface area contributed by atoms with Crippen LogP contribution in [0.4, 0.5) is 0 Å². The number of likely N-dealkylation sites (tertiary alicyclic amines) is 1. The van der Waals surface area contributed by atoms with Crippen LogP contribution in [0.25, 0.3) is 0 Å². The minimum atomic E-state index is -0.0962. The molecular weight excluding hydrogens is 322 g/mol. The second kappa shape index (κ2) is 7.15. The Morgan fingerprint density at radius 2 is 2.20 bits per heavy atom. The van der Waals surface area contributed by atoms with E-state index < -0.39 is 0 Å². The van der Waals surface area contributed by atoms with Crippen molar-refractivity contribution >= 4 is 21.8 Å². The number of aromatic nitrogens is 1. The minimum absolute atomic E-state index is 0.0192. The molecule has 0 saturated carbocycles. The van der Waals surface area contributed by atoms with Gasteiger partial charge in [-0.15, -0.1) is 0 Å². The Hall–Kier alpha value is -0.980. The first-order valence-corrected chi connectivity index (χ1v) is 7.63. The van der Waals surface area contributed by atoms with Gasteiger partial charge in [0.05, 0.1) is 6.61 Å². The molecule has 0 bridgehead atoms. The summed E-state index contributed by atoms with van der Waals surface area (Å²) in [6.07, 6.45) is 3.51. The van der Waals surface area contributed by atoms with Gasteiger partial charge in [0.15, 0.2) is 0 Å². The highest BCUT2D eigenvalue weighted by Gasteiger charge is 2.27. The molecule has 0 radical (unpaired) electrons. The standard InChI is InChI=1S/C14H20BrN3O2/c1-17-6-4-12(5-7-17)18(8-9-19)14(20)13-3-2-11(15)10-16-13/h2-3,10,12,19H,4-9H2,1H3. The summed E-state index contributed by atoms with van der Waals surface area (Å²) in [6.45, 7) is 2.31. The van der Waals surface area contributed by atoms with Crippen molar-refractivity contribution in [1.82, 2.24) is 14.8 Å². The molecule has 1 aromatic heterocycles. The van der Waals surface area contributed by atoms with Crippen molar-refractivity contribution in [2.75, 3.05) is 33.3 Å². The van der Waals surface area contributed by atoms with Crippen molar-refractivity contribution in [3.8, 4) is 0 Å². The van der Waals surface area contributed by atoms with Gasteiger partial charge < -0.3 is 14.9 Å². The molecule has 1 N–H and O–H groups in total. The number of rotatable bonds is 4. The third-order valence-corrected chi connectivity index (χ3v) is 4.15. The highest BCUT2D eigenvalue weighted by Crippen LogP contribution is 2.18. The van der Waals surface area contributed by atoms with Crippen molar-refractivity contribution in [2.24, 2.45) is 0 Å². The van der Waals surface area contributed by atoms with Crippen molar-refractivity contribution in [2.45, 2.75) is 18.9 Å². The maximum atomic E-state index is 12.6. The summed E-state index contributed by atoms with van der Waals surface area (Å²) in [4.78, 5) is 20.7. The monoisotopic (exact) mass is 341 g/mol. The lowest BCUT2D eigenvalue weighted by Gasteiger charge is -2.36. The zero-order valence-corrected chi connectivity index (χ0v) is 13.2. The number of aliphatic hydroxyl groups excluding tert-OH is 1. The number of nitrogens with zero attached hydrogens (tertiary/aromatic N) is 3. The molecule has 20 heavy (non-hydrogen) atoms. The first-order chi connectivity index (χ1) is 9.61. The maximum absolute atomic E-state index is 12.6. The summed E-state index contributed by atoms with van der Waals surface area (Å²) in [7, 11) is 2.09. The molecule has 0 aliphatic carbocycles. The third-order valence-electron chi connectivity index (χ3n) is 3.68. The summed E-state index contributed by atoms with van der Waals surface area (Å²) in [6, 6.07) is 3.72. The molecule has 1 aliphatic heterocycles. The van der Waals surface area contributed by atoms with Gasteiger partial charge >= 0.3 is 0 Å². The van der Waals surface area contributed by atoms with Gasteiger partial charge in [0.2, 0.25) is 0 Å². The normalized spacial score (nSPS) is 17.1. The lowest BCUT2D eigenvalue weighted by atomic mass is 10.0. The molecule has 0 spiro atoms. The summed E-state index contributed by atoms with van der Waals surface area (Å²) in [5.74, 6) is -0.0962. The summed E-state index contributed by atoms with van der Waals surface area (Å²) < 4.78 is 0.849. The molecule has 110 valence electrons. The number of amides is 1. The van der Waals surface area contributed by atoms with Gasteiger partial charge in [-0.2, -0.15) is 0 Å². The Morgan fingerprint density at radius 3 is 2.75 bits per heavy atom.